The highest BCUT2D eigenvalue weighted by Crippen LogP contribution is 2.05. The van der Waals surface area contributed by atoms with Crippen molar-refractivity contribution in [1.29, 1.82) is 0 Å². The van der Waals surface area contributed by atoms with Gasteiger partial charge in [-0.2, -0.15) is 0 Å². The zero-order chi connectivity index (χ0) is 16.4. The SMILES string of the molecule is C=CC(=O)OCC(C)C(=O)OC(=O)C(C)COC(=O)C=C. The zero-order valence-corrected chi connectivity index (χ0v) is 12.0. The Hall–Kier alpha value is -2.44. The summed E-state index contributed by atoms with van der Waals surface area (Å²) in [5.74, 6) is -4.63. The summed E-state index contributed by atoms with van der Waals surface area (Å²) >= 11 is 0. The second kappa shape index (κ2) is 9.46. The molecule has 0 spiro atoms. The summed E-state index contributed by atoms with van der Waals surface area (Å²) in [7, 11) is 0. The predicted octanol–water partition coefficient (Wildman–Crippen LogP) is 0.787. The fourth-order valence-corrected chi connectivity index (χ4v) is 0.969. The van der Waals surface area contributed by atoms with Crippen LogP contribution in [0.4, 0.5) is 0 Å². The van der Waals surface area contributed by atoms with E-state index in [1.807, 2.05) is 0 Å². The molecule has 116 valence electrons. The van der Waals surface area contributed by atoms with Crippen molar-refractivity contribution in [2.75, 3.05) is 13.2 Å². The van der Waals surface area contributed by atoms with Crippen LogP contribution in [0.2, 0.25) is 0 Å². The number of esters is 4. The average molecular weight is 298 g/mol. The molecule has 0 aromatic carbocycles. The molecule has 0 amide bonds. The van der Waals surface area contributed by atoms with Crippen LogP contribution < -0.4 is 0 Å². The number of hydrogen-bond acceptors (Lipinski definition) is 7. The van der Waals surface area contributed by atoms with Gasteiger partial charge in [-0.05, 0) is 13.8 Å². The number of hydrogen-bond donors (Lipinski definition) is 0. The number of carbonyl (C=O) groups is 4. The Bertz CT molecular complexity index is 399. The fourth-order valence-electron chi connectivity index (χ4n) is 0.969. The molecule has 0 saturated heterocycles. The van der Waals surface area contributed by atoms with Crippen molar-refractivity contribution in [3.8, 4) is 0 Å². The van der Waals surface area contributed by atoms with E-state index in [1.165, 1.54) is 13.8 Å². The van der Waals surface area contributed by atoms with E-state index in [-0.39, 0.29) is 13.2 Å². The minimum atomic E-state index is -0.834. The van der Waals surface area contributed by atoms with E-state index < -0.39 is 35.7 Å². The van der Waals surface area contributed by atoms with Gasteiger partial charge >= 0.3 is 23.9 Å². The molecular weight excluding hydrogens is 280 g/mol. The van der Waals surface area contributed by atoms with Gasteiger partial charge in [0.15, 0.2) is 0 Å². The lowest BCUT2D eigenvalue weighted by Crippen LogP contribution is -2.28. The van der Waals surface area contributed by atoms with Crippen molar-refractivity contribution >= 4 is 23.9 Å². The van der Waals surface area contributed by atoms with E-state index in [9.17, 15) is 19.2 Å². The van der Waals surface area contributed by atoms with Crippen LogP contribution in [-0.4, -0.2) is 37.1 Å². The highest BCUT2D eigenvalue weighted by atomic mass is 16.6. The monoisotopic (exact) mass is 298 g/mol. The number of rotatable bonds is 8. The Morgan fingerprint density at radius 2 is 1.19 bits per heavy atom. The lowest BCUT2D eigenvalue weighted by molar-refractivity contribution is -0.167. The lowest BCUT2D eigenvalue weighted by atomic mass is 10.2. The second-order valence-electron chi connectivity index (χ2n) is 4.21. The van der Waals surface area contributed by atoms with E-state index in [2.05, 4.69) is 27.4 Å². The van der Waals surface area contributed by atoms with Crippen LogP contribution in [0.1, 0.15) is 13.8 Å². The minimum Gasteiger partial charge on any atom is -0.462 e. The Labute approximate surface area is 122 Å². The highest BCUT2D eigenvalue weighted by Gasteiger charge is 2.24. The smallest absolute Gasteiger partial charge is 0.330 e. The van der Waals surface area contributed by atoms with E-state index in [0.717, 1.165) is 12.2 Å². The van der Waals surface area contributed by atoms with Crippen molar-refractivity contribution in [3.63, 3.8) is 0 Å². The Balaban J connectivity index is 4.20. The summed E-state index contributed by atoms with van der Waals surface area (Å²) in [6.07, 6.45) is 1.92. The summed E-state index contributed by atoms with van der Waals surface area (Å²) < 4.78 is 13.9. The van der Waals surface area contributed by atoms with Gasteiger partial charge in [0.05, 0.1) is 11.8 Å². The van der Waals surface area contributed by atoms with Gasteiger partial charge in [0, 0.05) is 12.2 Å². The summed E-state index contributed by atoms with van der Waals surface area (Å²) in [6.45, 7) is 8.83. The minimum absolute atomic E-state index is 0.225. The lowest BCUT2D eigenvalue weighted by Gasteiger charge is -2.13. The first-order chi connectivity index (χ1) is 9.81. The third kappa shape index (κ3) is 7.66. The van der Waals surface area contributed by atoms with Crippen LogP contribution in [0.3, 0.4) is 0 Å². The molecule has 0 aliphatic carbocycles. The van der Waals surface area contributed by atoms with E-state index >= 15 is 0 Å². The van der Waals surface area contributed by atoms with Crippen LogP contribution >= 0.6 is 0 Å². The maximum absolute atomic E-state index is 11.6. The summed E-state index contributed by atoms with van der Waals surface area (Å²) in [5, 5.41) is 0. The Morgan fingerprint density at radius 3 is 1.48 bits per heavy atom. The number of ether oxygens (including phenoxy) is 3. The molecule has 7 nitrogen and oxygen atoms in total. The molecule has 21 heavy (non-hydrogen) atoms. The summed E-state index contributed by atoms with van der Waals surface area (Å²) in [6, 6.07) is 0. The predicted molar refractivity (Wildman–Crippen MR) is 71.7 cm³/mol. The molecule has 0 heterocycles. The maximum atomic E-state index is 11.6. The molecule has 0 radical (unpaired) electrons. The van der Waals surface area contributed by atoms with Crippen LogP contribution in [0.5, 0.6) is 0 Å². The summed E-state index contributed by atoms with van der Waals surface area (Å²) in [5.41, 5.74) is 0. The van der Waals surface area contributed by atoms with Crippen LogP contribution in [-0.2, 0) is 33.4 Å². The molecule has 0 aromatic rings. The molecule has 0 rings (SSSR count). The molecule has 0 aromatic heterocycles. The van der Waals surface area contributed by atoms with Gasteiger partial charge in [0.1, 0.15) is 13.2 Å². The third-order valence-corrected chi connectivity index (χ3v) is 2.29. The van der Waals surface area contributed by atoms with Crippen molar-refractivity contribution in [1.82, 2.24) is 0 Å². The van der Waals surface area contributed by atoms with E-state index in [0.29, 0.717) is 0 Å². The van der Waals surface area contributed by atoms with Gasteiger partial charge in [0.25, 0.3) is 0 Å². The van der Waals surface area contributed by atoms with Crippen molar-refractivity contribution < 1.29 is 33.4 Å². The van der Waals surface area contributed by atoms with Gasteiger partial charge in [-0.15, -0.1) is 0 Å². The topological polar surface area (TPSA) is 96.0 Å². The van der Waals surface area contributed by atoms with Gasteiger partial charge in [0.2, 0.25) is 0 Å². The van der Waals surface area contributed by atoms with Crippen molar-refractivity contribution in [2.24, 2.45) is 11.8 Å². The second-order valence-corrected chi connectivity index (χ2v) is 4.21. The first-order valence-electron chi connectivity index (χ1n) is 6.15. The van der Waals surface area contributed by atoms with Crippen LogP contribution in [0.25, 0.3) is 0 Å². The fraction of sp³-hybridized carbons (Fsp3) is 0.429. The Morgan fingerprint density at radius 1 is 0.857 bits per heavy atom. The normalized spacial score (nSPS) is 12.5. The molecule has 0 bridgehead atoms. The highest BCUT2D eigenvalue weighted by molar-refractivity contribution is 5.88. The van der Waals surface area contributed by atoms with Crippen molar-refractivity contribution in [2.45, 2.75) is 13.8 Å². The third-order valence-electron chi connectivity index (χ3n) is 2.29. The van der Waals surface area contributed by atoms with Gasteiger partial charge < -0.3 is 14.2 Å². The molecule has 0 N–H and O–H groups in total. The van der Waals surface area contributed by atoms with Crippen LogP contribution in [0, 0.1) is 11.8 Å². The van der Waals surface area contributed by atoms with Crippen LogP contribution in [0.15, 0.2) is 25.3 Å². The van der Waals surface area contributed by atoms with E-state index in [4.69, 9.17) is 0 Å². The summed E-state index contributed by atoms with van der Waals surface area (Å²) in [4.78, 5) is 44.8. The quantitative estimate of drug-likeness (QED) is 0.283. The van der Waals surface area contributed by atoms with Crippen molar-refractivity contribution in [3.05, 3.63) is 25.3 Å². The largest absolute Gasteiger partial charge is 0.462 e. The molecular formula is C14H18O7. The maximum Gasteiger partial charge on any atom is 0.330 e. The molecule has 7 heteroatoms. The molecule has 0 aliphatic rings. The van der Waals surface area contributed by atoms with Gasteiger partial charge in [-0.25, -0.2) is 9.59 Å². The molecule has 2 unspecified atom stereocenters. The Kier molecular flexibility index (Phi) is 8.36. The van der Waals surface area contributed by atoms with E-state index in [1.54, 1.807) is 0 Å². The first-order valence-corrected chi connectivity index (χ1v) is 6.15. The molecule has 0 saturated carbocycles. The molecule has 0 fully saturated rings. The first kappa shape index (κ1) is 18.6. The number of carbonyl (C=O) groups excluding carboxylic acids is 4. The van der Waals surface area contributed by atoms with Gasteiger partial charge in [-0.3, -0.25) is 9.59 Å². The molecule has 0 aliphatic heterocycles. The van der Waals surface area contributed by atoms with Gasteiger partial charge in [-0.1, -0.05) is 13.2 Å². The average Bonchev–Trinajstić information content (AvgIpc) is 2.48. The standard InChI is InChI=1S/C14H18O7/c1-5-11(15)19-7-9(3)13(17)21-14(18)10(4)8-20-12(16)6-2/h5-6,9-10H,1-2,7-8H2,3-4H3. The molecule has 2 atom stereocenters. The zero-order valence-electron chi connectivity index (χ0n) is 12.0.